The van der Waals surface area contributed by atoms with Gasteiger partial charge in [0.2, 0.25) is 23.9 Å². The summed E-state index contributed by atoms with van der Waals surface area (Å²) >= 11 is 0. The van der Waals surface area contributed by atoms with Gasteiger partial charge in [0, 0.05) is 30.5 Å². The number of carbonyl (C=O) groups excluding carboxylic acids is 3. The van der Waals surface area contributed by atoms with Crippen molar-refractivity contribution in [3.63, 3.8) is 0 Å². The smallest absolute Gasteiger partial charge is 0.272 e. The number of nitrogens with one attached hydrogen (secondary N) is 1. The first-order valence-electron chi connectivity index (χ1n) is 11.6. The van der Waals surface area contributed by atoms with E-state index in [1.807, 2.05) is 54.6 Å². The lowest BCUT2D eigenvalue weighted by Gasteiger charge is -2.26. The molecule has 3 amide bonds. The molecule has 4 rings (SSSR count). The number of alkyl halides is 2. The molecule has 2 unspecified atom stereocenters. The number of hydrogen-bond donors (Lipinski definition) is 2. The summed E-state index contributed by atoms with van der Waals surface area (Å²) in [4.78, 5) is 44.5. The summed E-state index contributed by atoms with van der Waals surface area (Å²) in [6, 6.07) is 16.6. The third kappa shape index (κ3) is 6.09. The zero-order valence-electron chi connectivity index (χ0n) is 19.4. The van der Waals surface area contributed by atoms with Crippen LogP contribution < -0.4 is 16.0 Å². The lowest BCUT2D eigenvalue weighted by Crippen LogP contribution is -2.50. The van der Waals surface area contributed by atoms with E-state index in [1.54, 1.807) is 4.90 Å². The van der Waals surface area contributed by atoms with Gasteiger partial charge in [-0.25, -0.2) is 13.8 Å². The van der Waals surface area contributed by atoms with Crippen molar-refractivity contribution < 1.29 is 23.2 Å². The standard InChI is InChI=1S/C26H28F2N4O3/c1-26(27,28)14-18(13-21(29)33)24(34)31-23-25(35)32(15-16-11-12-16)20-10-6-5-9-19(20)22(30-23)17-7-3-2-4-8-17/h2-10,16,18,23H,11-15H2,1H3,(H2,29,33)(H,31,34). The van der Waals surface area contributed by atoms with Gasteiger partial charge in [-0.05, 0) is 31.7 Å². The molecule has 7 nitrogen and oxygen atoms in total. The number of rotatable bonds is 9. The minimum atomic E-state index is -3.20. The molecule has 184 valence electrons. The maximum atomic E-state index is 13.7. The Kier molecular flexibility index (Phi) is 6.95. The zero-order chi connectivity index (χ0) is 25.2. The molecule has 0 saturated heterocycles. The SMILES string of the molecule is CC(F)(F)CC(CC(N)=O)C(=O)NC1N=C(c2ccccc2)c2ccccc2N(CC2CC2)C1=O. The van der Waals surface area contributed by atoms with Gasteiger partial charge in [-0.3, -0.25) is 14.4 Å². The van der Waals surface area contributed by atoms with E-state index in [2.05, 4.69) is 10.3 Å². The molecular weight excluding hydrogens is 454 g/mol. The second-order valence-electron chi connectivity index (χ2n) is 9.31. The fourth-order valence-corrected chi connectivity index (χ4v) is 4.28. The Balaban J connectivity index is 1.74. The molecule has 3 N–H and O–H groups in total. The van der Waals surface area contributed by atoms with Crippen LogP contribution in [0.2, 0.25) is 0 Å². The molecular formula is C26H28F2N4O3. The predicted octanol–water partition coefficient (Wildman–Crippen LogP) is 3.26. The largest absolute Gasteiger partial charge is 0.370 e. The summed E-state index contributed by atoms with van der Waals surface area (Å²) in [5.41, 5.74) is 7.87. The van der Waals surface area contributed by atoms with Crippen LogP contribution in [0.5, 0.6) is 0 Å². The minimum Gasteiger partial charge on any atom is -0.370 e. The Bertz CT molecular complexity index is 1140. The number of benzene rings is 2. The van der Waals surface area contributed by atoms with Crippen LogP contribution in [0.25, 0.3) is 0 Å². The molecule has 1 aliphatic carbocycles. The Morgan fingerprint density at radius 1 is 1.14 bits per heavy atom. The molecule has 2 aliphatic rings. The summed E-state index contributed by atoms with van der Waals surface area (Å²) in [5.74, 6) is -6.43. The Morgan fingerprint density at radius 3 is 2.43 bits per heavy atom. The van der Waals surface area contributed by atoms with E-state index >= 15 is 0 Å². The van der Waals surface area contributed by atoms with Crippen LogP contribution >= 0.6 is 0 Å². The first-order valence-corrected chi connectivity index (χ1v) is 11.6. The zero-order valence-corrected chi connectivity index (χ0v) is 19.4. The van der Waals surface area contributed by atoms with Gasteiger partial charge in [0.15, 0.2) is 0 Å². The second kappa shape index (κ2) is 9.93. The summed E-state index contributed by atoms with van der Waals surface area (Å²) in [6.07, 6.45) is -0.769. The number of carbonyl (C=O) groups is 3. The molecule has 9 heteroatoms. The van der Waals surface area contributed by atoms with Crippen molar-refractivity contribution in [2.75, 3.05) is 11.4 Å². The quantitative estimate of drug-likeness (QED) is 0.573. The van der Waals surface area contributed by atoms with Crippen molar-refractivity contribution >= 4 is 29.1 Å². The molecule has 0 spiro atoms. The molecule has 35 heavy (non-hydrogen) atoms. The molecule has 2 aromatic carbocycles. The van der Waals surface area contributed by atoms with Crippen LogP contribution in [0.1, 0.15) is 43.7 Å². The van der Waals surface area contributed by atoms with Crippen molar-refractivity contribution in [3.05, 3.63) is 65.7 Å². The van der Waals surface area contributed by atoms with E-state index in [0.29, 0.717) is 30.8 Å². The van der Waals surface area contributed by atoms with Crippen molar-refractivity contribution in [2.24, 2.45) is 22.6 Å². The molecule has 2 aromatic rings. The van der Waals surface area contributed by atoms with E-state index in [1.165, 1.54) is 0 Å². The van der Waals surface area contributed by atoms with Crippen molar-refractivity contribution in [2.45, 2.75) is 44.7 Å². The van der Waals surface area contributed by atoms with E-state index in [4.69, 9.17) is 5.73 Å². The highest BCUT2D eigenvalue weighted by molar-refractivity contribution is 6.20. The van der Waals surface area contributed by atoms with Gasteiger partial charge in [0.1, 0.15) is 0 Å². The number of nitrogens with two attached hydrogens (primary N) is 1. The van der Waals surface area contributed by atoms with Crippen LogP contribution in [-0.2, 0) is 14.4 Å². The lowest BCUT2D eigenvalue weighted by atomic mass is 9.96. The Labute approximate surface area is 202 Å². The van der Waals surface area contributed by atoms with E-state index in [0.717, 1.165) is 24.0 Å². The second-order valence-corrected chi connectivity index (χ2v) is 9.31. The molecule has 0 bridgehead atoms. The third-order valence-electron chi connectivity index (χ3n) is 6.10. The fraction of sp³-hybridized carbons (Fsp3) is 0.385. The van der Waals surface area contributed by atoms with Crippen LogP contribution in [0.4, 0.5) is 14.5 Å². The fourth-order valence-electron chi connectivity index (χ4n) is 4.28. The van der Waals surface area contributed by atoms with Crippen LogP contribution in [0, 0.1) is 11.8 Å². The number of hydrogen-bond acceptors (Lipinski definition) is 4. The molecule has 2 atom stereocenters. The molecule has 1 aliphatic heterocycles. The van der Waals surface area contributed by atoms with Crippen LogP contribution in [0.15, 0.2) is 59.6 Å². The Hall–Kier alpha value is -3.62. The normalized spacial score (nSPS) is 18.8. The van der Waals surface area contributed by atoms with Crippen molar-refractivity contribution in [1.29, 1.82) is 0 Å². The molecule has 0 radical (unpaired) electrons. The number of halogens is 2. The van der Waals surface area contributed by atoms with Gasteiger partial charge in [-0.1, -0.05) is 48.5 Å². The number of fused-ring (bicyclic) bond motifs is 1. The summed E-state index contributed by atoms with van der Waals surface area (Å²) in [5, 5.41) is 2.54. The van der Waals surface area contributed by atoms with Crippen LogP contribution in [-0.4, -0.2) is 42.1 Å². The predicted molar refractivity (Wildman–Crippen MR) is 128 cm³/mol. The highest BCUT2D eigenvalue weighted by Gasteiger charge is 2.38. The van der Waals surface area contributed by atoms with Crippen LogP contribution in [0.3, 0.4) is 0 Å². The maximum Gasteiger partial charge on any atom is 0.272 e. The molecule has 0 aromatic heterocycles. The molecule has 1 heterocycles. The number of amides is 3. The average Bonchev–Trinajstić information content (AvgIpc) is 3.63. The van der Waals surface area contributed by atoms with E-state index < -0.39 is 48.6 Å². The highest BCUT2D eigenvalue weighted by atomic mass is 19.3. The van der Waals surface area contributed by atoms with Gasteiger partial charge in [-0.2, -0.15) is 0 Å². The molecule has 1 fully saturated rings. The summed E-state index contributed by atoms with van der Waals surface area (Å²) < 4.78 is 27.5. The summed E-state index contributed by atoms with van der Waals surface area (Å²) in [7, 11) is 0. The monoisotopic (exact) mass is 482 g/mol. The van der Waals surface area contributed by atoms with Crippen molar-refractivity contribution in [3.8, 4) is 0 Å². The summed E-state index contributed by atoms with van der Waals surface area (Å²) in [6.45, 7) is 1.14. The Morgan fingerprint density at radius 2 is 1.80 bits per heavy atom. The topological polar surface area (TPSA) is 105 Å². The van der Waals surface area contributed by atoms with Gasteiger partial charge in [-0.15, -0.1) is 0 Å². The van der Waals surface area contributed by atoms with Crippen molar-refractivity contribution in [1.82, 2.24) is 5.32 Å². The van der Waals surface area contributed by atoms with Gasteiger partial charge in [0.05, 0.1) is 17.3 Å². The highest BCUT2D eigenvalue weighted by Crippen LogP contribution is 2.35. The third-order valence-corrected chi connectivity index (χ3v) is 6.10. The molecule has 1 saturated carbocycles. The lowest BCUT2D eigenvalue weighted by molar-refractivity contribution is -0.134. The van der Waals surface area contributed by atoms with E-state index in [-0.39, 0.29) is 0 Å². The average molecular weight is 483 g/mol. The number of anilines is 1. The minimum absolute atomic E-state index is 0.350. The van der Waals surface area contributed by atoms with Gasteiger partial charge >= 0.3 is 0 Å². The van der Waals surface area contributed by atoms with E-state index in [9.17, 15) is 23.2 Å². The van der Waals surface area contributed by atoms with Gasteiger partial charge < -0.3 is 16.0 Å². The number of para-hydroxylation sites is 1. The number of nitrogens with zero attached hydrogens (tertiary/aromatic N) is 2. The number of aliphatic imine (C=N–C) groups is 1. The number of primary amides is 1. The maximum absolute atomic E-state index is 13.7. The van der Waals surface area contributed by atoms with Gasteiger partial charge in [0.25, 0.3) is 5.91 Å². The number of benzodiazepines with no additional fused rings is 1. The first kappa shape index (κ1) is 24.5. The first-order chi connectivity index (χ1) is 16.6.